The van der Waals surface area contributed by atoms with Crippen LogP contribution < -0.4 is 10.6 Å². The molecule has 90 valence electrons. The summed E-state index contributed by atoms with van der Waals surface area (Å²) in [5.74, 6) is 1.18. The lowest BCUT2D eigenvalue weighted by Crippen LogP contribution is -2.43. The molecule has 1 unspecified atom stereocenters. The molecule has 0 aliphatic heterocycles. The van der Waals surface area contributed by atoms with Gasteiger partial charge in [-0.2, -0.15) is 0 Å². The number of carbonyl (C=O) groups excluding carboxylic acids is 1. The van der Waals surface area contributed by atoms with Crippen LogP contribution in [0.1, 0.15) is 20.3 Å². The molecule has 0 spiro atoms. The SMILES string of the molecule is C#CCNCC(=O)NCC(C)(CC)C(=O)O. The lowest BCUT2D eigenvalue weighted by atomic mass is 9.88. The molecule has 0 aromatic rings. The summed E-state index contributed by atoms with van der Waals surface area (Å²) in [4.78, 5) is 22.2. The van der Waals surface area contributed by atoms with E-state index in [1.165, 1.54) is 0 Å². The molecule has 0 heterocycles. The predicted octanol–water partition coefficient (Wildman–Crippen LogP) is -0.174. The summed E-state index contributed by atoms with van der Waals surface area (Å²) in [5.41, 5.74) is -0.915. The summed E-state index contributed by atoms with van der Waals surface area (Å²) in [7, 11) is 0. The summed E-state index contributed by atoms with van der Waals surface area (Å²) in [6.07, 6.45) is 5.46. The van der Waals surface area contributed by atoms with Gasteiger partial charge in [0.2, 0.25) is 5.91 Å². The van der Waals surface area contributed by atoms with Crippen LogP contribution in [0.25, 0.3) is 0 Å². The van der Waals surface area contributed by atoms with Crippen molar-refractivity contribution in [1.82, 2.24) is 10.6 Å². The number of terminal acetylenes is 1. The molecule has 1 amide bonds. The summed E-state index contributed by atoms with van der Waals surface area (Å²) in [6, 6.07) is 0. The monoisotopic (exact) mass is 226 g/mol. The first kappa shape index (κ1) is 14.5. The first-order valence-corrected chi connectivity index (χ1v) is 5.10. The molecule has 0 aromatic heterocycles. The summed E-state index contributed by atoms with van der Waals surface area (Å²) in [6.45, 7) is 3.91. The first-order valence-electron chi connectivity index (χ1n) is 5.10. The van der Waals surface area contributed by atoms with Gasteiger partial charge in [-0.05, 0) is 13.3 Å². The molecular formula is C11H18N2O3. The van der Waals surface area contributed by atoms with E-state index in [-0.39, 0.29) is 19.0 Å². The van der Waals surface area contributed by atoms with Crippen LogP contribution in [0.15, 0.2) is 0 Å². The average molecular weight is 226 g/mol. The number of rotatable bonds is 7. The summed E-state index contributed by atoms with van der Waals surface area (Å²) < 4.78 is 0. The molecule has 0 saturated heterocycles. The van der Waals surface area contributed by atoms with E-state index < -0.39 is 11.4 Å². The highest BCUT2D eigenvalue weighted by Gasteiger charge is 2.31. The zero-order valence-electron chi connectivity index (χ0n) is 9.67. The van der Waals surface area contributed by atoms with Crippen molar-refractivity contribution in [2.75, 3.05) is 19.6 Å². The maximum Gasteiger partial charge on any atom is 0.311 e. The molecule has 0 fully saturated rings. The van der Waals surface area contributed by atoms with Crippen molar-refractivity contribution in [3.63, 3.8) is 0 Å². The van der Waals surface area contributed by atoms with Crippen molar-refractivity contribution < 1.29 is 14.7 Å². The van der Waals surface area contributed by atoms with E-state index in [0.717, 1.165) is 0 Å². The number of aliphatic carboxylic acids is 1. The smallest absolute Gasteiger partial charge is 0.311 e. The first-order chi connectivity index (χ1) is 7.46. The van der Waals surface area contributed by atoms with Gasteiger partial charge in [-0.1, -0.05) is 12.8 Å². The van der Waals surface area contributed by atoms with Gasteiger partial charge in [0.15, 0.2) is 0 Å². The standard InChI is InChI=1S/C11H18N2O3/c1-4-6-12-7-9(14)13-8-11(3,5-2)10(15)16/h1,12H,5-8H2,2-3H3,(H,13,14)(H,15,16). The third-order valence-electron chi connectivity index (χ3n) is 2.48. The number of carboxylic acid groups (broad SMARTS) is 1. The van der Waals surface area contributed by atoms with Crippen LogP contribution in [-0.4, -0.2) is 36.6 Å². The van der Waals surface area contributed by atoms with E-state index in [0.29, 0.717) is 13.0 Å². The molecule has 0 bridgehead atoms. The zero-order valence-corrected chi connectivity index (χ0v) is 9.67. The minimum absolute atomic E-state index is 0.101. The van der Waals surface area contributed by atoms with Crippen molar-refractivity contribution in [2.24, 2.45) is 5.41 Å². The largest absolute Gasteiger partial charge is 0.481 e. The average Bonchev–Trinajstić information content (AvgIpc) is 2.26. The molecule has 0 aliphatic carbocycles. The van der Waals surface area contributed by atoms with E-state index in [2.05, 4.69) is 16.6 Å². The third kappa shape index (κ3) is 4.80. The van der Waals surface area contributed by atoms with Crippen LogP contribution in [0.5, 0.6) is 0 Å². The summed E-state index contributed by atoms with van der Waals surface area (Å²) >= 11 is 0. The van der Waals surface area contributed by atoms with E-state index >= 15 is 0 Å². The van der Waals surface area contributed by atoms with E-state index in [4.69, 9.17) is 11.5 Å². The fourth-order valence-electron chi connectivity index (χ4n) is 0.956. The Morgan fingerprint density at radius 1 is 1.50 bits per heavy atom. The Morgan fingerprint density at radius 3 is 2.56 bits per heavy atom. The van der Waals surface area contributed by atoms with Gasteiger partial charge in [-0.15, -0.1) is 6.42 Å². The van der Waals surface area contributed by atoms with Gasteiger partial charge in [0, 0.05) is 6.54 Å². The number of nitrogens with one attached hydrogen (secondary N) is 2. The molecule has 0 aliphatic rings. The maximum absolute atomic E-state index is 11.3. The Morgan fingerprint density at radius 2 is 2.12 bits per heavy atom. The van der Waals surface area contributed by atoms with Crippen LogP contribution in [0.4, 0.5) is 0 Å². The molecule has 0 radical (unpaired) electrons. The van der Waals surface area contributed by atoms with Gasteiger partial charge < -0.3 is 10.4 Å². The molecular weight excluding hydrogens is 208 g/mol. The maximum atomic E-state index is 11.3. The molecule has 0 saturated carbocycles. The van der Waals surface area contributed by atoms with Gasteiger partial charge in [-0.25, -0.2) is 0 Å². The van der Waals surface area contributed by atoms with Gasteiger partial charge in [0.1, 0.15) is 0 Å². The van der Waals surface area contributed by atoms with Crippen LogP contribution >= 0.6 is 0 Å². The molecule has 3 N–H and O–H groups in total. The normalized spacial score (nSPS) is 13.6. The lowest BCUT2D eigenvalue weighted by Gasteiger charge is -2.23. The minimum atomic E-state index is -0.915. The van der Waals surface area contributed by atoms with Crippen molar-refractivity contribution >= 4 is 11.9 Å². The lowest BCUT2D eigenvalue weighted by molar-refractivity contribution is -0.148. The highest BCUT2D eigenvalue weighted by molar-refractivity contribution is 5.80. The number of hydrogen-bond donors (Lipinski definition) is 3. The van der Waals surface area contributed by atoms with Crippen LogP contribution in [-0.2, 0) is 9.59 Å². The van der Waals surface area contributed by atoms with Crippen molar-refractivity contribution in [1.29, 1.82) is 0 Å². The third-order valence-corrected chi connectivity index (χ3v) is 2.48. The number of carboxylic acids is 1. The van der Waals surface area contributed by atoms with Gasteiger partial charge in [-0.3, -0.25) is 14.9 Å². The fourth-order valence-corrected chi connectivity index (χ4v) is 0.956. The second-order valence-corrected chi connectivity index (χ2v) is 3.80. The van der Waals surface area contributed by atoms with Gasteiger partial charge in [0.25, 0.3) is 0 Å². The number of amides is 1. The minimum Gasteiger partial charge on any atom is -0.481 e. The Balaban J connectivity index is 3.99. The fraction of sp³-hybridized carbons (Fsp3) is 0.636. The molecule has 16 heavy (non-hydrogen) atoms. The van der Waals surface area contributed by atoms with Gasteiger partial charge >= 0.3 is 5.97 Å². The number of carbonyl (C=O) groups is 2. The topological polar surface area (TPSA) is 78.4 Å². The van der Waals surface area contributed by atoms with Crippen molar-refractivity contribution in [3.8, 4) is 12.3 Å². The second-order valence-electron chi connectivity index (χ2n) is 3.80. The predicted molar refractivity (Wildman–Crippen MR) is 60.7 cm³/mol. The summed E-state index contributed by atoms with van der Waals surface area (Å²) in [5, 5.41) is 14.3. The van der Waals surface area contributed by atoms with Crippen LogP contribution in [0.2, 0.25) is 0 Å². The molecule has 0 aromatic carbocycles. The van der Waals surface area contributed by atoms with E-state index in [1.54, 1.807) is 13.8 Å². The number of hydrogen-bond acceptors (Lipinski definition) is 3. The Bertz CT molecular complexity index is 296. The van der Waals surface area contributed by atoms with Crippen molar-refractivity contribution in [3.05, 3.63) is 0 Å². The van der Waals surface area contributed by atoms with Crippen LogP contribution in [0.3, 0.4) is 0 Å². The molecule has 1 atom stereocenters. The Labute approximate surface area is 95.6 Å². The quantitative estimate of drug-likeness (QED) is 0.416. The zero-order chi connectivity index (χ0) is 12.6. The Kier molecular flexibility index (Phi) is 6.19. The van der Waals surface area contributed by atoms with Gasteiger partial charge in [0.05, 0.1) is 18.5 Å². The van der Waals surface area contributed by atoms with Crippen LogP contribution in [0, 0.1) is 17.8 Å². The van der Waals surface area contributed by atoms with Crippen molar-refractivity contribution in [2.45, 2.75) is 20.3 Å². The van der Waals surface area contributed by atoms with E-state index in [1.807, 2.05) is 0 Å². The van der Waals surface area contributed by atoms with E-state index in [9.17, 15) is 9.59 Å². The molecule has 0 rings (SSSR count). The highest BCUT2D eigenvalue weighted by atomic mass is 16.4. The molecule has 5 heteroatoms. The highest BCUT2D eigenvalue weighted by Crippen LogP contribution is 2.19. The Hall–Kier alpha value is -1.54. The second kappa shape index (κ2) is 6.85. The molecule has 5 nitrogen and oxygen atoms in total.